The van der Waals surface area contributed by atoms with Crippen LogP contribution in [0.3, 0.4) is 0 Å². The van der Waals surface area contributed by atoms with Crippen molar-refractivity contribution in [3.8, 4) is 0 Å². The highest BCUT2D eigenvalue weighted by Gasteiger charge is 2.31. The molecule has 0 heterocycles. The van der Waals surface area contributed by atoms with Crippen LogP contribution in [-0.2, 0) is 26.0 Å². The Labute approximate surface area is 189 Å². The first-order valence-electron chi connectivity index (χ1n) is 9.95. The molecule has 2 amide bonds. The minimum Gasteiger partial charge on any atom is -0.357 e. The monoisotopic (exact) mass is 465 g/mol. The predicted octanol–water partition coefficient (Wildman–Crippen LogP) is 2.70. The van der Waals surface area contributed by atoms with Crippen molar-refractivity contribution in [1.82, 2.24) is 10.2 Å². The molecule has 2 aromatic carbocycles. The number of rotatable bonds is 10. The van der Waals surface area contributed by atoms with Gasteiger partial charge in [0.1, 0.15) is 12.6 Å². The summed E-state index contributed by atoms with van der Waals surface area (Å²) in [6, 6.07) is 15.2. The fourth-order valence-corrected chi connectivity index (χ4v) is 4.33. The maximum absolute atomic E-state index is 13.3. The zero-order valence-electron chi connectivity index (χ0n) is 17.9. The van der Waals surface area contributed by atoms with E-state index >= 15 is 0 Å². The van der Waals surface area contributed by atoms with E-state index < -0.39 is 28.5 Å². The molecular formula is C22H28ClN3O4S. The van der Waals surface area contributed by atoms with Gasteiger partial charge in [-0.05, 0) is 36.6 Å². The maximum atomic E-state index is 13.3. The summed E-state index contributed by atoms with van der Waals surface area (Å²) in [5.74, 6) is -0.755. The number of hydrogen-bond acceptors (Lipinski definition) is 4. The standard InChI is InChI=1S/C22H28ClN3O4S/c1-4-20(22(28)24-2)25(14-13-17-9-6-5-7-10-17)21(27)16-26(31(3,29)30)19-12-8-11-18(23)15-19/h5-12,15,20H,4,13-14,16H2,1-3H3,(H,24,28)/t20-/m1/s1. The highest BCUT2D eigenvalue weighted by Crippen LogP contribution is 2.22. The number of hydrogen-bond donors (Lipinski definition) is 1. The Hall–Kier alpha value is -2.58. The topological polar surface area (TPSA) is 86.8 Å². The normalized spacial score (nSPS) is 12.1. The molecule has 0 aliphatic rings. The lowest BCUT2D eigenvalue weighted by atomic mass is 10.1. The van der Waals surface area contributed by atoms with Crippen LogP contribution >= 0.6 is 11.6 Å². The van der Waals surface area contributed by atoms with Crippen LogP contribution in [0.25, 0.3) is 0 Å². The number of carbonyl (C=O) groups is 2. The Morgan fingerprint density at radius 1 is 1.10 bits per heavy atom. The lowest BCUT2D eigenvalue weighted by Gasteiger charge is -2.32. The summed E-state index contributed by atoms with van der Waals surface area (Å²) >= 11 is 6.02. The van der Waals surface area contributed by atoms with Gasteiger partial charge in [0.05, 0.1) is 11.9 Å². The van der Waals surface area contributed by atoms with Gasteiger partial charge in [0.25, 0.3) is 0 Å². The Kier molecular flexibility index (Phi) is 8.88. The Bertz CT molecular complexity index is 999. The van der Waals surface area contributed by atoms with Gasteiger partial charge in [-0.2, -0.15) is 0 Å². The van der Waals surface area contributed by atoms with E-state index in [1.54, 1.807) is 18.2 Å². The molecular weight excluding hydrogens is 438 g/mol. The van der Waals surface area contributed by atoms with Gasteiger partial charge in [-0.15, -0.1) is 0 Å². The second-order valence-electron chi connectivity index (χ2n) is 7.11. The van der Waals surface area contributed by atoms with Crippen molar-refractivity contribution in [3.05, 3.63) is 65.2 Å². The van der Waals surface area contributed by atoms with E-state index in [2.05, 4.69) is 5.32 Å². The molecule has 2 aromatic rings. The molecule has 0 bridgehead atoms. The van der Waals surface area contributed by atoms with Crippen molar-refractivity contribution < 1.29 is 18.0 Å². The fourth-order valence-electron chi connectivity index (χ4n) is 3.31. The number of likely N-dealkylation sites (N-methyl/N-ethyl adjacent to an activating group) is 1. The SMILES string of the molecule is CC[C@H](C(=O)NC)N(CCc1ccccc1)C(=O)CN(c1cccc(Cl)c1)S(C)(=O)=O. The van der Waals surface area contributed by atoms with Gasteiger partial charge in [0, 0.05) is 18.6 Å². The third kappa shape index (κ3) is 6.97. The minimum atomic E-state index is -3.76. The average Bonchev–Trinajstić information content (AvgIpc) is 2.74. The molecule has 2 rings (SSSR count). The molecule has 1 atom stereocenters. The van der Waals surface area contributed by atoms with Crippen LogP contribution in [0.4, 0.5) is 5.69 Å². The smallest absolute Gasteiger partial charge is 0.244 e. The molecule has 0 unspecified atom stereocenters. The molecule has 0 radical (unpaired) electrons. The summed E-state index contributed by atoms with van der Waals surface area (Å²) in [5, 5.41) is 2.95. The van der Waals surface area contributed by atoms with Gasteiger partial charge in [0.15, 0.2) is 0 Å². The summed E-state index contributed by atoms with van der Waals surface area (Å²) in [7, 11) is -2.25. The van der Waals surface area contributed by atoms with Crippen molar-refractivity contribution >= 4 is 39.1 Å². The van der Waals surface area contributed by atoms with Gasteiger partial charge < -0.3 is 10.2 Å². The molecule has 0 saturated carbocycles. The van der Waals surface area contributed by atoms with E-state index in [0.717, 1.165) is 16.1 Å². The fraction of sp³-hybridized carbons (Fsp3) is 0.364. The van der Waals surface area contributed by atoms with Crippen LogP contribution in [0.2, 0.25) is 5.02 Å². The molecule has 0 aromatic heterocycles. The second-order valence-corrected chi connectivity index (χ2v) is 9.45. The van der Waals surface area contributed by atoms with Crippen LogP contribution in [0.1, 0.15) is 18.9 Å². The molecule has 9 heteroatoms. The number of anilines is 1. The van der Waals surface area contributed by atoms with E-state index in [1.165, 1.54) is 18.0 Å². The quantitative estimate of drug-likeness (QED) is 0.584. The Morgan fingerprint density at radius 2 is 1.77 bits per heavy atom. The van der Waals surface area contributed by atoms with Crippen LogP contribution in [0.5, 0.6) is 0 Å². The Balaban J connectivity index is 2.33. The number of nitrogens with one attached hydrogen (secondary N) is 1. The molecule has 7 nitrogen and oxygen atoms in total. The molecule has 168 valence electrons. The van der Waals surface area contributed by atoms with E-state index in [0.29, 0.717) is 23.6 Å². The zero-order valence-corrected chi connectivity index (χ0v) is 19.5. The van der Waals surface area contributed by atoms with Gasteiger partial charge >= 0.3 is 0 Å². The van der Waals surface area contributed by atoms with E-state index in [1.807, 2.05) is 37.3 Å². The number of amides is 2. The van der Waals surface area contributed by atoms with E-state index in [9.17, 15) is 18.0 Å². The molecule has 0 saturated heterocycles. The second kappa shape index (κ2) is 11.2. The lowest BCUT2D eigenvalue weighted by molar-refractivity contribution is -0.139. The van der Waals surface area contributed by atoms with Crippen LogP contribution in [0, 0.1) is 0 Å². The van der Waals surface area contributed by atoms with Gasteiger partial charge in [0.2, 0.25) is 21.8 Å². The molecule has 0 aliphatic carbocycles. The molecule has 0 fully saturated rings. The summed E-state index contributed by atoms with van der Waals surface area (Å²) in [5.41, 5.74) is 1.31. The van der Waals surface area contributed by atoms with Crippen LogP contribution in [-0.4, -0.2) is 57.6 Å². The minimum absolute atomic E-state index is 0.280. The highest BCUT2D eigenvalue weighted by molar-refractivity contribution is 7.92. The van der Waals surface area contributed by atoms with Gasteiger partial charge in [-0.25, -0.2) is 8.42 Å². The zero-order chi connectivity index (χ0) is 23.0. The molecule has 1 N–H and O–H groups in total. The molecule has 0 aliphatic heterocycles. The average molecular weight is 466 g/mol. The Morgan fingerprint density at radius 3 is 2.32 bits per heavy atom. The largest absolute Gasteiger partial charge is 0.357 e. The molecule has 31 heavy (non-hydrogen) atoms. The first-order chi connectivity index (χ1) is 14.7. The maximum Gasteiger partial charge on any atom is 0.244 e. The number of benzene rings is 2. The molecule has 0 spiro atoms. The summed E-state index contributed by atoms with van der Waals surface area (Å²) in [6.45, 7) is 1.66. The van der Waals surface area contributed by atoms with Crippen LogP contribution < -0.4 is 9.62 Å². The van der Waals surface area contributed by atoms with Gasteiger partial charge in [-0.1, -0.05) is 54.9 Å². The van der Waals surface area contributed by atoms with Crippen LogP contribution in [0.15, 0.2) is 54.6 Å². The van der Waals surface area contributed by atoms with Crippen molar-refractivity contribution in [2.45, 2.75) is 25.8 Å². The third-order valence-electron chi connectivity index (χ3n) is 4.89. The third-order valence-corrected chi connectivity index (χ3v) is 6.27. The van der Waals surface area contributed by atoms with Crippen molar-refractivity contribution in [1.29, 1.82) is 0 Å². The highest BCUT2D eigenvalue weighted by atomic mass is 35.5. The lowest BCUT2D eigenvalue weighted by Crippen LogP contribution is -2.52. The van der Waals surface area contributed by atoms with Crippen molar-refractivity contribution in [2.75, 3.05) is 30.7 Å². The first-order valence-corrected chi connectivity index (χ1v) is 12.2. The summed E-state index contributed by atoms with van der Waals surface area (Å²) in [6.07, 6.45) is 1.97. The van der Waals surface area contributed by atoms with E-state index in [-0.39, 0.29) is 12.5 Å². The van der Waals surface area contributed by atoms with Crippen molar-refractivity contribution in [3.63, 3.8) is 0 Å². The van der Waals surface area contributed by atoms with Gasteiger partial charge in [-0.3, -0.25) is 13.9 Å². The number of nitrogens with zero attached hydrogens (tertiary/aromatic N) is 2. The van der Waals surface area contributed by atoms with Crippen molar-refractivity contribution in [2.24, 2.45) is 0 Å². The predicted molar refractivity (Wildman–Crippen MR) is 124 cm³/mol. The summed E-state index contributed by atoms with van der Waals surface area (Å²) in [4.78, 5) is 27.2. The number of sulfonamides is 1. The number of carbonyl (C=O) groups excluding carboxylic acids is 2. The first kappa shape index (κ1) is 24.7. The van der Waals surface area contributed by atoms with E-state index in [4.69, 9.17) is 11.6 Å². The number of halogens is 1. The summed E-state index contributed by atoms with van der Waals surface area (Å²) < 4.78 is 25.9.